The van der Waals surface area contributed by atoms with Gasteiger partial charge in [-0.25, -0.2) is 0 Å². The monoisotopic (exact) mass is 251 g/mol. The summed E-state index contributed by atoms with van der Waals surface area (Å²) in [5.74, 6) is 0.846. The lowest BCUT2D eigenvalue weighted by Gasteiger charge is -2.11. The average molecular weight is 251 g/mol. The molecule has 0 aliphatic carbocycles. The van der Waals surface area contributed by atoms with Crippen molar-refractivity contribution in [3.8, 4) is 5.75 Å². The van der Waals surface area contributed by atoms with Crippen molar-refractivity contribution in [1.82, 2.24) is 0 Å². The molecule has 1 heterocycles. The first-order chi connectivity index (χ1) is 8.88. The number of hydrogen-bond donors (Lipinski definition) is 1. The van der Waals surface area contributed by atoms with Crippen molar-refractivity contribution < 1.29 is 14.2 Å². The molecule has 0 spiro atoms. The quantitative estimate of drug-likeness (QED) is 0.750. The summed E-state index contributed by atoms with van der Waals surface area (Å²) in [5, 5.41) is 0. The molecule has 1 aromatic rings. The largest absolute Gasteiger partial charge is 0.491 e. The summed E-state index contributed by atoms with van der Waals surface area (Å²) in [6, 6.07) is 7.82. The molecule has 2 rings (SSSR count). The summed E-state index contributed by atoms with van der Waals surface area (Å²) in [6.07, 6.45) is 2.54. The zero-order chi connectivity index (χ0) is 12.6. The maximum absolute atomic E-state index is 5.59. The van der Waals surface area contributed by atoms with Crippen molar-refractivity contribution in [2.45, 2.75) is 25.5 Å². The van der Waals surface area contributed by atoms with Gasteiger partial charge in [-0.1, -0.05) is 12.1 Å². The molecular formula is C14H21NO3. The molecule has 1 aromatic carbocycles. The second-order valence-electron chi connectivity index (χ2n) is 4.41. The van der Waals surface area contributed by atoms with E-state index in [4.69, 9.17) is 19.9 Å². The van der Waals surface area contributed by atoms with Crippen LogP contribution in [0.1, 0.15) is 18.4 Å². The number of hydrogen-bond acceptors (Lipinski definition) is 4. The predicted octanol–water partition coefficient (Wildman–Crippen LogP) is 1.72. The van der Waals surface area contributed by atoms with Crippen LogP contribution in [-0.4, -0.2) is 32.5 Å². The van der Waals surface area contributed by atoms with Gasteiger partial charge < -0.3 is 19.9 Å². The molecule has 100 valence electrons. The highest BCUT2D eigenvalue weighted by Gasteiger charge is 2.14. The third-order valence-electron chi connectivity index (χ3n) is 2.96. The lowest BCUT2D eigenvalue weighted by molar-refractivity contribution is 0.00853. The maximum Gasteiger partial charge on any atom is 0.119 e. The van der Waals surface area contributed by atoms with Gasteiger partial charge in [0.05, 0.1) is 19.3 Å². The molecule has 4 nitrogen and oxygen atoms in total. The molecule has 18 heavy (non-hydrogen) atoms. The van der Waals surface area contributed by atoms with Gasteiger partial charge in [0, 0.05) is 13.2 Å². The smallest absolute Gasteiger partial charge is 0.119 e. The van der Waals surface area contributed by atoms with E-state index in [1.54, 1.807) is 0 Å². The van der Waals surface area contributed by atoms with Crippen LogP contribution in [0.25, 0.3) is 0 Å². The van der Waals surface area contributed by atoms with E-state index in [-0.39, 0.29) is 6.10 Å². The Kier molecular flexibility index (Phi) is 5.45. The highest BCUT2D eigenvalue weighted by molar-refractivity contribution is 5.28. The van der Waals surface area contributed by atoms with Crippen LogP contribution in [0.2, 0.25) is 0 Å². The van der Waals surface area contributed by atoms with Gasteiger partial charge in [-0.3, -0.25) is 0 Å². The summed E-state index contributed by atoms with van der Waals surface area (Å²) in [6.45, 7) is 3.22. The number of nitrogens with two attached hydrogens (primary N) is 1. The van der Waals surface area contributed by atoms with Crippen molar-refractivity contribution in [1.29, 1.82) is 0 Å². The van der Waals surface area contributed by atoms with Crippen LogP contribution in [0, 0.1) is 0 Å². The minimum absolute atomic E-state index is 0.283. The molecule has 2 N–H and O–H groups in total. The Morgan fingerprint density at radius 3 is 3.06 bits per heavy atom. The third kappa shape index (κ3) is 4.29. The van der Waals surface area contributed by atoms with Crippen LogP contribution >= 0.6 is 0 Å². The molecule has 0 aromatic heterocycles. The molecule has 1 saturated heterocycles. The lowest BCUT2D eigenvalue weighted by Crippen LogP contribution is -2.17. The van der Waals surface area contributed by atoms with Crippen molar-refractivity contribution in [3.05, 3.63) is 29.8 Å². The molecule has 1 aliphatic rings. The first-order valence-electron chi connectivity index (χ1n) is 6.49. The molecule has 1 unspecified atom stereocenters. The minimum atomic E-state index is 0.283. The Morgan fingerprint density at radius 2 is 2.28 bits per heavy atom. The van der Waals surface area contributed by atoms with E-state index in [0.717, 1.165) is 30.8 Å². The van der Waals surface area contributed by atoms with E-state index in [2.05, 4.69) is 0 Å². The van der Waals surface area contributed by atoms with Gasteiger partial charge in [0.2, 0.25) is 0 Å². The fourth-order valence-corrected chi connectivity index (χ4v) is 1.97. The molecule has 1 fully saturated rings. The second kappa shape index (κ2) is 7.36. The Hall–Kier alpha value is -1.10. The summed E-state index contributed by atoms with van der Waals surface area (Å²) >= 11 is 0. The van der Waals surface area contributed by atoms with E-state index < -0.39 is 0 Å². The Balaban J connectivity index is 1.59. The maximum atomic E-state index is 5.59. The highest BCUT2D eigenvalue weighted by atomic mass is 16.5. The molecule has 0 saturated carbocycles. The fraction of sp³-hybridized carbons (Fsp3) is 0.571. The molecule has 1 atom stereocenters. The van der Waals surface area contributed by atoms with Crippen molar-refractivity contribution in [2.75, 3.05) is 26.4 Å². The average Bonchev–Trinajstić information content (AvgIpc) is 2.92. The van der Waals surface area contributed by atoms with Crippen molar-refractivity contribution in [2.24, 2.45) is 5.73 Å². The molecule has 4 heteroatoms. The predicted molar refractivity (Wildman–Crippen MR) is 69.6 cm³/mol. The van der Waals surface area contributed by atoms with Gasteiger partial charge in [0.25, 0.3) is 0 Å². The molecule has 0 amide bonds. The van der Waals surface area contributed by atoms with Crippen LogP contribution < -0.4 is 10.5 Å². The fourth-order valence-electron chi connectivity index (χ4n) is 1.97. The number of ether oxygens (including phenoxy) is 3. The van der Waals surface area contributed by atoms with Gasteiger partial charge >= 0.3 is 0 Å². The summed E-state index contributed by atoms with van der Waals surface area (Å²) < 4.78 is 16.6. The molecule has 0 radical (unpaired) electrons. The normalized spacial score (nSPS) is 19.1. The minimum Gasteiger partial charge on any atom is -0.491 e. The van der Waals surface area contributed by atoms with E-state index >= 15 is 0 Å². The number of rotatable bonds is 7. The Labute approximate surface area is 108 Å². The van der Waals surface area contributed by atoms with E-state index in [0.29, 0.717) is 26.4 Å². The standard InChI is InChI=1S/C14H21NO3/c15-10-12-3-1-4-13(9-12)18-8-7-16-11-14-5-2-6-17-14/h1,3-4,9,14H,2,5-8,10-11,15H2. The van der Waals surface area contributed by atoms with E-state index in [1.807, 2.05) is 24.3 Å². The van der Waals surface area contributed by atoms with E-state index in [1.165, 1.54) is 0 Å². The second-order valence-corrected chi connectivity index (χ2v) is 4.41. The van der Waals surface area contributed by atoms with Crippen molar-refractivity contribution >= 4 is 0 Å². The lowest BCUT2D eigenvalue weighted by atomic mass is 10.2. The Bertz CT molecular complexity index is 351. The Morgan fingerprint density at radius 1 is 1.33 bits per heavy atom. The highest BCUT2D eigenvalue weighted by Crippen LogP contribution is 2.13. The van der Waals surface area contributed by atoms with Gasteiger partial charge in [0.15, 0.2) is 0 Å². The number of benzene rings is 1. The SMILES string of the molecule is NCc1cccc(OCCOCC2CCCO2)c1. The van der Waals surface area contributed by atoms with Crippen molar-refractivity contribution in [3.63, 3.8) is 0 Å². The van der Waals surface area contributed by atoms with Gasteiger partial charge in [-0.05, 0) is 30.5 Å². The molecule has 0 bridgehead atoms. The zero-order valence-electron chi connectivity index (χ0n) is 10.6. The first-order valence-corrected chi connectivity index (χ1v) is 6.49. The van der Waals surface area contributed by atoms with Crippen LogP contribution in [0.5, 0.6) is 5.75 Å². The summed E-state index contributed by atoms with van der Waals surface area (Å²) in [5.41, 5.74) is 6.65. The van der Waals surface area contributed by atoms with Gasteiger partial charge in [-0.15, -0.1) is 0 Å². The van der Waals surface area contributed by atoms with Crippen LogP contribution in [0.3, 0.4) is 0 Å². The third-order valence-corrected chi connectivity index (χ3v) is 2.96. The summed E-state index contributed by atoms with van der Waals surface area (Å²) in [4.78, 5) is 0. The summed E-state index contributed by atoms with van der Waals surface area (Å²) in [7, 11) is 0. The zero-order valence-corrected chi connectivity index (χ0v) is 10.6. The van der Waals surface area contributed by atoms with Crippen LogP contribution in [0.15, 0.2) is 24.3 Å². The first kappa shape index (κ1) is 13.3. The van der Waals surface area contributed by atoms with Gasteiger partial charge in [-0.2, -0.15) is 0 Å². The van der Waals surface area contributed by atoms with E-state index in [9.17, 15) is 0 Å². The molecule has 1 aliphatic heterocycles. The van der Waals surface area contributed by atoms with Crippen LogP contribution in [-0.2, 0) is 16.0 Å². The molecular weight excluding hydrogens is 230 g/mol. The van der Waals surface area contributed by atoms with Gasteiger partial charge in [0.1, 0.15) is 12.4 Å². The van der Waals surface area contributed by atoms with Crippen LogP contribution in [0.4, 0.5) is 0 Å². The topological polar surface area (TPSA) is 53.7 Å².